The molecule has 0 saturated carbocycles. The van der Waals surface area contributed by atoms with E-state index in [0.29, 0.717) is 5.89 Å². The highest BCUT2D eigenvalue weighted by Crippen LogP contribution is 2.12. The van der Waals surface area contributed by atoms with E-state index in [-0.39, 0.29) is 18.0 Å². The van der Waals surface area contributed by atoms with Crippen molar-refractivity contribution >= 4 is 5.91 Å². The fourth-order valence-corrected chi connectivity index (χ4v) is 1.83. The van der Waals surface area contributed by atoms with Crippen molar-refractivity contribution in [2.24, 2.45) is 0 Å². The molecule has 0 aliphatic carbocycles. The number of nitrogens with one attached hydrogen (secondary N) is 2. The Bertz CT molecular complexity index is 390. The van der Waals surface area contributed by atoms with Gasteiger partial charge in [0.25, 0.3) is 0 Å². The molecule has 5 nitrogen and oxygen atoms in total. The summed E-state index contributed by atoms with van der Waals surface area (Å²) in [4.78, 5) is 16.0. The molecule has 5 heteroatoms. The van der Waals surface area contributed by atoms with Crippen LogP contribution in [0.1, 0.15) is 57.7 Å². The van der Waals surface area contributed by atoms with Gasteiger partial charge in [-0.3, -0.25) is 10.1 Å². The van der Waals surface area contributed by atoms with Gasteiger partial charge in [-0.15, -0.1) is 0 Å². The molecule has 1 heterocycles. The molecule has 2 unspecified atom stereocenters. The molecule has 0 bridgehead atoms. The van der Waals surface area contributed by atoms with Gasteiger partial charge in [0.2, 0.25) is 11.8 Å². The molecule has 19 heavy (non-hydrogen) atoms. The van der Waals surface area contributed by atoms with Crippen LogP contribution >= 0.6 is 0 Å². The third kappa shape index (κ3) is 5.42. The van der Waals surface area contributed by atoms with Crippen LogP contribution in [0.15, 0.2) is 10.6 Å². The number of aryl methyl sites for hydroxylation is 1. The molecular formula is C14H25N3O2. The zero-order valence-corrected chi connectivity index (χ0v) is 12.3. The third-order valence-electron chi connectivity index (χ3n) is 2.98. The highest BCUT2D eigenvalue weighted by molar-refractivity contribution is 5.81. The minimum atomic E-state index is -0.260. The lowest BCUT2D eigenvalue weighted by molar-refractivity contribution is -0.122. The lowest BCUT2D eigenvalue weighted by Gasteiger charge is -2.17. The predicted octanol–water partition coefficient (Wildman–Crippen LogP) is 2.33. The Morgan fingerprint density at radius 2 is 2.16 bits per heavy atom. The average molecular weight is 267 g/mol. The molecule has 1 aromatic rings. The lowest BCUT2D eigenvalue weighted by Crippen LogP contribution is -2.43. The van der Waals surface area contributed by atoms with Gasteiger partial charge in [-0.1, -0.05) is 19.8 Å². The Kier molecular flexibility index (Phi) is 6.56. The van der Waals surface area contributed by atoms with Gasteiger partial charge >= 0.3 is 0 Å². The van der Waals surface area contributed by atoms with Crippen LogP contribution in [0.5, 0.6) is 0 Å². The molecule has 0 aliphatic rings. The summed E-state index contributed by atoms with van der Waals surface area (Å²) in [6.07, 6.45) is 5.02. The van der Waals surface area contributed by atoms with Crippen LogP contribution in [0.25, 0.3) is 0 Å². The largest absolute Gasteiger partial charge is 0.444 e. The van der Waals surface area contributed by atoms with E-state index in [1.807, 2.05) is 20.8 Å². The van der Waals surface area contributed by atoms with E-state index in [1.54, 1.807) is 6.20 Å². The van der Waals surface area contributed by atoms with E-state index in [0.717, 1.165) is 31.6 Å². The molecular weight excluding hydrogens is 242 g/mol. The molecule has 1 aromatic heterocycles. The second-order valence-electron chi connectivity index (χ2n) is 4.92. The Labute approximate surface area is 115 Å². The van der Waals surface area contributed by atoms with Crippen molar-refractivity contribution in [2.75, 3.05) is 6.54 Å². The molecule has 0 saturated heterocycles. The minimum Gasteiger partial charge on any atom is -0.444 e. The average Bonchev–Trinajstić information content (AvgIpc) is 2.81. The van der Waals surface area contributed by atoms with Gasteiger partial charge in [0.15, 0.2) is 0 Å². The summed E-state index contributed by atoms with van der Waals surface area (Å²) in [7, 11) is 0. The molecule has 0 radical (unpaired) electrons. The van der Waals surface area contributed by atoms with Gasteiger partial charge in [0.1, 0.15) is 5.76 Å². The fraction of sp³-hybridized carbons (Fsp3) is 0.714. The number of amides is 1. The second-order valence-corrected chi connectivity index (χ2v) is 4.92. The maximum Gasteiger partial charge on any atom is 0.236 e. The molecule has 0 aromatic carbocycles. The standard InChI is InChI=1S/C14H25N3O2/c1-5-6-7-8-15-13(18)11(3)17-12(4)14-16-9-10(2)19-14/h9,11-12,17H,5-8H2,1-4H3,(H,15,18). The number of rotatable bonds is 8. The lowest BCUT2D eigenvalue weighted by atomic mass is 10.2. The van der Waals surface area contributed by atoms with Gasteiger partial charge < -0.3 is 9.73 Å². The molecule has 1 amide bonds. The van der Waals surface area contributed by atoms with Crippen molar-refractivity contribution in [3.63, 3.8) is 0 Å². The molecule has 2 N–H and O–H groups in total. The van der Waals surface area contributed by atoms with Gasteiger partial charge in [-0.05, 0) is 27.2 Å². The van der Waals surface area contributed by atoms with Crippen LogP contribution in [-0.2, 0) is 4.79 Å². The smallest absolute Gasteiger partial charge is 0.236 e. The summed E-state index contributed by atoms with van der Waals surface area (Å²) in [6, 6.07) is -0.339. The van der Waals surface area contributed by atoms with Crippen molar-refractivity contribution < 1.29 is 9.21 Å². The maximum absolute atomic E-state index is 11.9. The van der Waals surface area contributed by atoms with E-state index < -0.39 is 0 Å². The SMILES string of the molecule is CCCCCNC(=O)C(C)NC(C)c1ncc(C)o1. The van der Waals surface area contributed by atoms with Gasteiger partial charge in [-0.25, -0.2) is 4.98 Å². The summed E-state index contributed by atoms with van der Waals surface area (Å²) in [5, 5.41) is 6.11. The number of oxazole rings is 1. The number of hydrogen-bond acceptors (Lipinski definition) is 4. The molecule has 1 rings (SSSR count). The zero-order chi connectivity index (χ0) is 14.3. The van der Waals surface area contributed by atoms with Gasteiger partial charge in [0.05, 0.1) is 18.3 Å². The summed E-state index contributed by atoms with van der Waals surface area (Å²) >= 11 is 0. The highest BCUT2D eigenvalue weighted by Gasteiger charge is 2.18. The predicted molar refractivity (Wildman–Crippen MR) is 74.8 cm³/mol. The quantitative estimate of drug-likeness (QED) is 0.709. The van der Waals surface area contributed by atoms with E-state index in [9.17, 15) is 4.79 Å². The molecule has 108 valence electrons. The second kappa shape index (κ2) is 7.94. The first-order valence-corrected chi connectivity index (χ1v) is 7.00. The van der Waals surface area contributed by atoms with E-state index >= 15 is 0 Å². The van der Waals surface area contributed by atoms with Gasteiger partial charge in [-0.2, -0.15) is 0 Å². The summed E-state index contributed by atoms with van der Waals surface area (Å²) in [5.74, 6) is 1.41. The molecule has 0 spiro atoms. The van der Waals surface area contributed by atoms with E-state index in [4.69, 9.17) is 4.42 Å². The first-order valence-electron chi connectivity index (χ1n) is 7.00. The number of unbranched alkanes of at least 4 members (excludes halogenated alkanes) is 2. The summed E-state index contributed by atoms with van der Waals surface area (Å²) < 4.78 is 5.43. The van der Waals surface area contributed by atoms with Crippen LogP contribution < -0.4 is 10.6 Å². The normalized spacial score (nSPS) is 14.1. The van der Waals surface area contributed by atoms with Crippen molar-refractivity contribution in [2.45, 2.75) is 59.0 Å². The Morgan fingerprint density at radius 1 is 1.42 bits per heavy atom. The van der Waals surface area contributed by atoms with Crippen molar-refractivity contribution in [3.8, 4) is 0 Å². The molecule has 2 atom stereocenters. The summed E-state index contributed by atoms with van der Waals surface area (Å²) in [5.41, 5.74) is 0. The van der Waals surface area contributed by atoms with Crippen LogP contribution in [0.3, 0.4) is 0 Å². The number of hydrogen-bond donors (Lipinski definition) is 2. The monoisotopic (exact) mass is 267 g/mol. The topological polar surface area (TPSA) is 67.2 Å². The number of aromatic nitrogens is 1. The Morgan fingerprint density at radius 3 is 2.74 bits per heavy atom. The van der Waals surface area contributed by atoms with Crippen molar-refractivity contribution in [1.82, 2.24) is 15.6 Å². The summed E-state index contributed by atoms with van der Waals surface area (Å²) in [6.45, 7) is 8.53. The first kappa shape index (κ1) is 15.7. The van der Waals surface area contributed by atoms with Crippen LogP contribution in [-0.4, -0.2) is 23.5 Å². The molecule has 0 fully saturated rings. The minimum absolute atomic E-state index is 0.0197. The Balaban J connectivity index is 2.33. The van der Waals surface area contributed by atoms with Crippen LogP contribution in [0.2, 0.25) is 0 Å². The van der Waals surface area contributed by atoms with Gasteiger partial charge in [0, 0.05) is 6.54 Å². The Hall–Kier alpha value is -1.36. The number of carbonyl (C=O) groups is 1. The number of nitrogens with zero attached hydrogens (tertiary/aromatic N) is 1. The van der Waals surface area contributed by atoms with E-state index in [2.05, 4.69) is 22.5 Å². The first-order chi connectivity index (χ1) is 9.04. The zero-order valence-electron chi connectivity index (χ0n) is 12.3. The fourth-order valence-electron chi connectivity index (χ4n) is 1.83. The maximum atomic E-state index is 11.9. The third-order valence-corrected chi connectivity index (χ3v) is 2.98. The molecule has 0 aliphatic heterocycles. The van der Waals surface area contributed by atoms with Crippen LogP contribution in [0, 0.1) is 6.92 Å². The van der Waals surface area contributed by atoms with Crippen molar-refractivity contribution in [3.05, 3.63) is 17.8 Å². The van der Waals surface area contributed by atoms with E-state index in [1.165, 1.54) is 0 Å². The van der Waals surface area contributed by atoms with Crippen LogP contribution in [0.4, 0.5) is 0 Å². The van der Waals surface area contributed by atoms with Crippen molar-refractivity contribution in [1.29, 1.82) is 0 Å². The number of carbonyl (C=O) groups excluding carboxylic acids is 1. The highest BCUT2D eigenvalue weighted by atomic mass is 16.4.